The highest BCUT2D eigenvalue weighted by molar-refractivity contribution is 9.10. The van der Waals surface area contributed by atoms with E-state index in [-0.39, 0.29) is 6.04 Å². The van der Waals surface area contributed by atoms with Gasteiger partial charge in [-0.1, -0.05) is 28.4 Å². The maximum Gasteiger partial charge on any atom is 0.301 e. The van der Waals surface area contributed by atoms with Gasteiger partial charge >= 0.3 is 10.2 Å². The molecule has 1 aromatic rings. The first-order chi connectivity index (χ1) is 8.92. The Kier molecular flexibility index (Phi) is 4.53. The van der Waals surface area contributed by atoms with Crippen molar-refractivity contribution in [1.82, 2.24) is 4.31 Å². The minimum absolute atomic E-state index is 0.0682. The fourth-order valence-electron chi connectivity index (χ4n) is 2.34. The van der Waals surface area contributed by atoms with Gasteiger partial charge in [0, 0.05) is 17.1 Å². The molecular formula is C13H19BrN2O2S. The summed E-state index contributed by atoms with van der Waals surface area (Å²) in [5.41, 5.74) is 1.53. The van der Waals surface area contributed by atoms with E-state index in [4.69, 9.17) is 0 Å². The molecule has 0 saturated carbocycles. The highest BCUT2D eigenvalue weighted by atomic mass is 79.9. The first-order valence-corrected chi connectivity index (χ1v) is 8.70. The number of hydrogen-bond donors (Lipinski definition) is 1. The maximum absolute atomic E-state index is 12.4. The van der Waals surface area contributed by atoms with Crippen LogP contribution in [0.3, 0.4) is 0 Å². The molecule has 1 heterocycles. The zero-order chi connectivity index (χ0) is 14.0. The highest BCUT2D eigenvalue weighted by Gasteiger charge is 2.29. The van der Waals surface area contributed by atoms with E-state index in [1.54, 1.807) is 10.4 Å². The Morgan fingerprint density at radius 2 is 2.11 bits per heavy atom. The zero-order valence-corrected chi connectivity index (χ0v) is 13.6. The summed E-state index contributed by atoms with van der Waals surface area (Å²) in [6, 6.07) is 5.58. The molecule has 1 fully saturated rings. The van der Waals surface area contributed by atoms with Crippen LogP contribution in [-0.4, -0.2) is 25.3 Å². The topological polar surface area (TPSA) is 49.4 Å². The second-order valence-corrected chi connectivity index (χ2v) is 7.45. The molecule has 1 unspecified atom stereocenters. The van der Waals surface area contributed by atoms with Crippen molar-refractivity contribution >= 4 is 31.8 Å². The molecule has 6 heteroatoms. The lowest BCUT2D eigenvalue weighted by Gasteiger charge is -2.32. The van der Waals surface area contributed by atoms with Crippen molar-refractivity contribution in [3.05, 3.63) is 28.2 Å². The molecular weight excluding hydrogens is 328 g/mol. The average molecular weight is 347 g/mol. The van der Waals surface area contributed by atoms with E-state index in [1.807, 2.05) is 26.0 Å². The van der Waals surface area contributed by atoms with E-state index < -0.39 is 10.2 Å². The van der Waals surface area contributed by atoms with E-state index in [0.717, 1.165) is 29.3 Å². The molecule has 0 bridgehead atoms. The summed E-state index contributed by atoms with van der Waals surface area (Å²) in [6.45, 7) is 4.46. The lowest BCUT2D eigenvalue weighted by molar-refractivity contribution is 0.270. The normalized spacial score (nSPS) is 21.3. The third kappa shape index (κ3) is 3.30. The Labute approximate surface area is 123 Å². The Morgan fingerprint density at radius 3 is 2.79 bits per heavy atom. The summed E-state index contributed by atoms with van der Waals surface area (Å²) in [7, 11) is -3.46. The standard InChI is InChI=1S/C13H19BrN2O2S/c1-10-6-3-4-9-16(10)19(17,18)15-13-8-5-7-12(14)11(13)2/h5,7-8,10,15H,3-4,6,9H2,1-2H3. The zero-order valence-electron chi connectivity index (χ0n) is 11.2. The van der Waals surface area contributed by atoms with Gasteiger partial charge in [-0.15, -0.1) is 0 Å². The number of rotatable bonds is 3. The van der Waals surface area contributed by atoms with Gasteiger partial charge in [0.25, 0.3) is 0 Å². The van der Waals surface area contributed by atoms with Crippen LogP contribution in [0.15, 0.2) is 22.7 Å². The maximum atomic E-state index is 12.4. The van der Waals surface area contributed by atoms with Gasteiger partial charge in [0.1, 0.15) is 0 Å². The third-order valence-corrected chi connectivity index (χ3v) is 6.05. The molecule has 0 spiro atoms. The summed E-state index contributed by atoms with van der Waals surface area (Å²) in [6.07, 6.45) is 2.96. The Hall–Kier alpha value is -0.590. The summed E-state index contributed by atoms with van der Waals surface area (Å²) in [5.74, 6) is 0. The summed E-state index contributed by atoms with van der Waals surface area (Å²) >= 11 is 3.41. The molecule has 0 amide bonds. The van der Waals surface area contributed by atoms with E-state index >= 15 is 0 Å². The highest BCUT2D eigenvalue weighted by Crippen LogP contribution is 2.26. The number of piperidine rings is 1. The number of halogens is 1. The lowest BCUT2D eigenvalue weighted by Crippen LogP contribution is -2.44. The molecule has 2 rings (SSSR count). The summed E-state index contributed by atoms with van der Waals surface area (Å²) in [4.78, 5) is 0. The largest absolute Gasteiger partial charge is 0.301 e. The first kappa shape index (κ1) is 14.8. The van der Waals surface area contributed by atoms with Gasteiger partial charge in [-0.2, -0.15) is 12.7 Å². The second-order valence-electron chi connectivity index (χ2n) is 4.98. The third-order valence-electron chi connectivity index (χ3n) is 3.56. The van der Waals surface area contributed by atoms with Crippen LogP contribution in [0, 0.1) is 6.92 Å². The van der Waals surface area contributed by atoms with Crippen LogP contribution in [0.1, 0.15) is 31.7 Å². The van der Waals surface area contributed by atoms with Crippen molar-refractivity contribution in [1.29, 1.82) is 0 Å². The number of nitrogens with one attached hydrogen (secondary N) is 1. The summed E-state index contributed by atoms with van der Waals surface area (Å²) < 4.78 is 30.0. The van der Waals surface area contributed by atoms with Crippen molar-refractivity contribution in [2.75, 3.05) is 11.3 Å². The molecule has 1 saturated heterocycles. The molecule has 1 aromatic carbocycles. The van der Waals surface area contributed by atoms with Crippen molar-refractivity contribution in [2.45, 2.75) is 39.2 Å². The van der Waals surface area contributed by atoms with Gasteiger partial charge < -0.3 is 0 Å². The van der Waals surface area contributed by atoms with Crippen LogP contribution in [0.5, 0.6) is 0 Å². The molecule has 19 heavy (non-hydrogen) atoms. The van der Waals surface area contributed by atoms with Crippen LogP contribution in [0.2, 0.25) is 0 Å². The van der Waals surface area contributed by atoms with Crippen molar-refractivity contribution in [3.63, 3.8) is 0 Å². The van der Waals surface area contributed by atoms with Crippen LogP contribution in [-0.2, 0) is 10.2 Å². The fourth-order valence-corrected chi connectivity index (χ4v) is 4.28. The second kappa shape index (κ2) is 5.81. The van der Waals surface area contributed by atoms with Gasteiger partial charge in [0.2, 0.25) is 0 Å². The van der Waals surface area contributed by atoms with E-state index in [9.17, 15) is 8.42 Å². The first-order valence-electron chi connectivity index (χ1n) is 6.46. The van der Waals surface area contributed by atoms with Crippen LogP contribution < -0.4 is 4.72 Å². The Balaban J connectivity index is 2.23. The Morgan fingerprint density at radius 1 is 1.37 bits per heavy atom. The predicted octanol–water partition coefficient (Wildman–Crippen LogP) is 3.29. The summed E-state index contributed by atoms with van der Waals surface area (Å²) in [5, 5.41) is 0. The van der Waals surface area contributed by atoms with Crippen LogP contribution in [0.4, 0.5) is 5.69 Å². The molecule has 0 aromatic heterocycles. The predicted molar refractivity (Wildman–Crippen MR) is 81.4 cm³/mol. The van der Waals surface area contributed by atoms with Crippen molar-refractivity contribution < 1.29 is 8.42 Å². The molecule has 106 valence electrons. The van der Waals surface area contributed by atoms with Crippen LogP contribution in [0.25, 0.3) is 0 Å². The van der Waals surface area contributed by atoms with E-state index in [0.29, 0.717) is 12.2 Å². The van der Waals surface area contributed by atoms with Crippen LogP contribution >= 0.6 is 15.9 Å². The molecule has 4 nitrogen and oxygen atoms in total. The van der Waals surface area contributed by atoms with Gasteiger partial charge in [0.15, 0.2) is 0 Å². The molecule has 1 aliphatic heterocycles. The van der Waals surface area contributed by atoms with E-state index in [1.165, 1.54) is 0 Å². The van der Waals surface area contributed by atoms with Gasteiger partial charge in [-0.3, -0.25) is 4.72 Å². The number of benzene rings is 1. The number of nitrogens with zero attached hydrogens (tertiary/aromatic N) is 1. The minimum atomic E-state index is -3.46. The van der Waals surface area contributed by atoms with Crippen molar-refractivity contribution in [3.8, 4) is 0 Å². The van der Waals surface area contributed by atoms with Gasteiger partial charge in [-0.05, 0) is 44.4 Å². The quantitative estimate of drug-likeness (QED) is 0.912. The minimum Gasteiger partial charge on any atom is -0.271 e. The number of anilines is 1. The Bertz CT molecular complexity index is 560. The van der Waals surface area contributed by atoms with Gasteiger partial charge in [-0.25, -0.2) is 0 Å². The van der Waals surface area contributed by atoms with E-state index in [2.05, 4.69) is 20.7 Å². The monoisotopic (exact) mass is 346 g/mol. The smallest absolute Gasteiger partial charge is 0.271 e. The fraction of sp³-hybridized carbons (Fsp3) is 0.538. The average Bonchev–Trinajstić information content (AvgIpc) is 2.35. The molecule has 0 radical (unpaired) electrons. The molecule has 1 aliphatic rings. The molecule has 1 atom stereocenters. The number of hydrogen-bond acceptors (Lipinski definition) is 2. The molecule has 1 N–H and O–H groups in total. The lowest BCUT2D eigenvalue weighted by atomic mass is 10.1. The SMILES string of the molecule is Cc1c(Br)cccc1NS(=O)(=O)N1CCCCC1C. The van der Waals surface area contributed by atoms with Crippen molar-refractivity contribution in [2.24, 2.45) is 0 Å². The molecule has 0 aliphatic carbocycles. The van der Waals surface area contributed by atoms with Gasteiger partial charge in [0.05, 0.1) is 5.69 Å².